The minimum atomic E-state index is 0.110. The molecule has 0 spiro atoms. The Morgan fingerprint density at radius 3 is 2.90 bits per heavy atom. The van der Waals surface area contributed by atoms with E-state index in [1.807, 2.05) is 37.4 Å². The molecule has 1 aromatic heterocycles. The summed E-state index contributed by atoms with van der Waals surface area (Å²) >= 11 is 0. The number of fused-ring (bicyclic) bond motifs is 1. The van der Waals surface area contributed by atoms with Gasteiger partial charge in [-0.25, -0.2) is 0 Å². The molecule has 1 amide bonds. The maximum absolute atomic E-state index is 11.5. The van der Waals surface area contributed by atoms with E-state index in [9.17, 15) is 4.79 Å². The molecule has 1 aromatic carbocycles. The number of pyridine rings is 1. The highest BCUT2D eigenvalue weighted by atomic mass is 16.1. The van der Waals surface area contributed by atoms with Crippen molar-refractivity contribution in [2.45, 2.75) is 26.3 Å². The van der Waals surface area contributed by atoms with Gasteiger partial charge in [-0.05, 0) is 24.1 Å². The minimum Gasteiger partial charge on any atom is -0.356 e. The lowest BCUT2D eigenvalue weighted by Gasteiger charge is -2.08. The van der Waals surface area contributed by atoms with E-state index >= 15 is 0 Å². The summed E-state index contributed by atoms with van der Waals surface area (Å²) < 4.78 is 0. The minimum absolute atomic E-state index is 0.110. The van der Waals surface area contributed by atoms with E-state index in [2.05, 4.69) is 21.7 Å². The molecule has 0 bridgehead atoms. The van der Waals surface area contributed by atoms with Crippen LogP contribution in [0.4, 0.5) is 0 Å². The van der Waals surface area contributed by atoms with Gasteiger partial charge in [0, 0.05) is 37.6 Å². The van der Waals surface area contributed by atoms with Crippen LogP contribution in [-0.4, -0.2) is 24.0 Å². The van der Waals surface area contributed by atoms with Crippen molar-refractivity contribution in [2.24, 2.45) is 0 Å². The molecule has 0 aliphatic carbocycles. The smallest absolute Gasteiger partial charge is 0.221 e. The van der Waals surface area contributed by atoms with Crippen LogP contribution in [0.15, 0.2) is 36.5 Å². The van der Waals surface area contributed by atoms with Crippen molar-refractivity contribution in [1.82, 2.24) is 15.6 Å². The molecule has 0 unspecified atom stereocenters. The largest absolute Gasteiger partial charge is 0.356 e. The summed E-state index contributed by atoms with van der Waals surface area (Å²) in [5.41, 5.74) is 2.22. The van der Waals surface area contributed by atoms with Crippen molar-refractivity contribution in [2.75, 3.05) is 13.1 Å². The molecule has 2 aromatic rings. The Bertz CT molecular complexity index is 563. The third-order valence-electron chi connectivity index (χ3n) is 3.16. The number of nitrogens with one attached hydrogen (secondary N) is 2. The van der Waals surface area contributed by atoms with Crippen molar-refractivity contribution in [3.05, 3.63) is 42.1 Å². The number of hydrogen-bond acceptors (Lipinski definition) is 3. The Hall–Kier alpha value is -1.94. The highest BCUT2D eigenvalue weighted by molar-refractivity contribution is 5.81. The Morgan fingerprint density at radius 2 is 2.05 bits per heavy atom. The lowest BCUT2D eigenvalue weighted by Crippen LogP contribution is -2.28. The van der Waals surface area contributed by atoms with Gasteiger partial charge in [-0.15, -0.1) is 0 Å². The third-order valence-corrected chi connectivity index (χ3v) is 3.16. The lowest BCUT2D eigenvalue weighted by atomic mass is 10.1. The first-order valence-corrected chi connectivity index (χ1v) is 7.11. The summed E-state index contributed by atoms with van der Waals surface area (Å²) in [4.78, 5) is 15.8. The van der Waals surface area contributed by atoms with Gasteiger partial charge in [-0.1, -0.05) is 25.1 Å². The van der Waals surface area contributed by atoms with Gasteiger partial charge in [-0.3, -0.25) is 9.78 Å². The summed E-state index contributed by atoms with van der Waals surface area (Å²) in [6.45, 7) is 4.25. The van der Waals surface area contributed by atoms with Gasteiger partial charge in [-0.2, -0.15) is 0 Å². The van der Waals surface area contributed by atoms with Crippen LogP contribution in [0.25, 0.3) is 10.9 Å². The maximum atomic E-state index is 11.5. The molecule has 106 valence electrons. The van der Waals surface area contributed by atoms with Crippen LogP contribution in [0.3, 0.4) is 0 Å². The van der Waals surface area contributed by atoms with Gasteiger partial charge >= 0.3 is 0 Å². The molecule has 20 heavy (non-hydrogen) atoms. The van der Waals surface area contributed by atoms with Crippen molar-refractivity contribution in [3.63, 3.8) is 0 Å². The zero-order valence-electron chi connectivity index (χ0n) is 11.9. The van der Waals surface area contributed by atoms with Gasteiger partial charge in [0.05, 0.1) is 5.52 Å². The highest BCUT2D eigenvalue weighted by Crippen LogP contribution is 2.15. The molecule has 2 N–H and O–H groups in total. The molecule has 4 nitrogen and oxygen atoms in total. The predicted octanol–water partition coefficient (Wildman–Crippen LogP) is 2.24. The van der Waals surface area contributed by atoms with Crippen LogP contribution in [0.2, 0.25) is 0 Å². The van der Waals surface area contributed by atoms with E-state index in [0.29, 0.717) is 13.0 Å². The molecule has 0 saturated carbocycles. The van der Waals surface area contributed by atoms with Crippen LogP contribution in [0.5, 0.6) is 0 Å². The van der Waals surface area contributed by atoms with Crippen molar-refractivity contribution in [1.29, 1.82) is 0 Å². The monoisotopic (exact) mass is 271 g/mol. The van der Waals surface area contributed by atoms with E-state index in [4.69, 9.17) is 0 Å². The van der Waals surface area contributed by atoms with E-state index < -0.39 is 0 Å². The highest BCUT2D eigenvalue weighted by Gasteiger charge is 2.02. The second-order valence-electron chi connectivity index (χ2n) is 4.76. The predicted molar refractivity (Wildman–Crippen MR) is 81.4 cm³/mol. The number of hydrogen-bond donors (Lipinski definition) is 2. The fourth-order valence-electron chi connectivity index (χ4n) is 2.09. The van der Waals surface area contributed by atoms with Crippen molar-refractivity contribution < 1.29 is 4.79 Å². The molecular formula is C16H21N3O. The van der Waals surface area contributed by atoms with Gasteiger partial charge < -0.3 is 10.6 Å². The number of amides is 1. The summed E-state index contributed by atoms with van der Waals surface area (Å²) in [6.07, 6.45) is 3.32. The van der Waals surface area contributed by atoms with Gasteiger partial charge in [0.25, 0.3) is 0 Å². The SMILES string of the molecule is CCCNC(=O)CCNCc1ccnc2ccccc12. The van der Waals surface area contributed by atoms with E-state index in [-0.39, 0.29) is 5.91 Å². The van der Waals surface area contributed by atoms with E-state index in [1.54, 1.807) is 0 Å². The second-order valence-corrected chi connectivity index (χ2v) is 4.76. The Kier molecular flexibility index (Phi) is 5.50. The quantitative estimate of drug-likeness (QED) is 0.759. The van der Waals surface area contributed by atoms with Crippen LogP contribution >= 0.6 is 0 Å². The van der Waals surface area contributed by atoms with Crippen LogP contribution in [0, 0.1) is 0 Å². The molecule has 2 rings (SSSR count). The number of aromatic nitrogens is 1. The second kappa shape index (κ2) is 7.60. The Labute approximate surface area is 119 Å². The molecule has 0 radical (unpaired) electrons. The number of para-hydroxylation sites is 1. The Balaban J connectivity index is 1.83. The number of rotatable bonds is 7. The lowest BCUT2D eigenvalue weighted by molar-refractivity contribution is -0.120. The number of carbonyl (C=O) groups is 1. The molecule has 0 saturated heterocycles. The fourth-order valence-corrected chi connectivity index (χ4v) is 2.09. The van der Waals surface area contributed by atoms with Crippen molar-refractivity contribution >= 4 is 16.8 Å². The summed E-state index contributed by atoms with van der Waals surface area (Å²) in [7, 11) is 0. The third kappa shape index (κ3) is 4.03. The summed E-state index contributed by atoms with van der Waals surface area (Å²) in [5, 5.41) is 7.35. The molecule has 0 atom stereocenters. The first kappa shape index (κ1) is 14.5. The maximum Gasteiger partial charge on any atom is 0.221 e. The van der Waals surface area contributed by atoms with Gasteiger partial charge in [0.1, 0.15) is 0 Å². The van der Waals surface area contributed by atoms with E-state index in [1.165, 1.54) is 5.56 Å². The van der Waals surface area contributed by atoms with Crippen LogP contribution in [0.1, 0.15) is 25.3 Å². The fraction of sp³-hybridized carbons (Fsp3) is 0.375. The summed E-state index contributed by atoms with van der Waals surface area (Å²) in [6, 6.07) is 10.1. The first-order valence-electron chi connectivity index (χ1n) is 7.11. The molecule has 0 aliphatic heterocycles. The van der Waals surface area contributed by atoms with Crippen LogP contribution < -0.4 is 10.6 Å². The first-order chi connectivity index (χ1) is 9.81. The Morgan fingerprint density at radius 1 is 1.20 bits per heavy atom. The average molecular weight is 271 g/mol. The average Bonchev–Trinajstić information content (AvgIpc) is 2.49. The molecule has 0 fully saturated rings. The topological polar surface area (TPSA) is 54.0 Å². The van der Waals surface area contributed by atoms with Crippen LogP contribution in [-0.2, 0) is 11.3 Å². The number of benzene rings is 1. The summed E-state index contributed by atoms with van der Waals surface area (Å²) in [5.74, 6) is 0.110. The van der Waals surface area contributed by atoms with E-state index in [0.717, 1.165) is 30.4 Å². The van der Waals surface area contributed by atoms with Crippen molar-refractivity contribution in [3.8, 4) is 0 Å². The van der Waals surface area contributed by atoms with Gasteiger partial charge in [0.2, 0.25) is 5.91 Å². The molecule has 1 heterocycles. The number of nitrogens with zero attached hydrogens (tertiary/aromatic N) is 1. The zero-order chi connectivity index (χ0) is 14.2. The molecule has 4 heteroatoms. The van der Waals surface area contributed by atoms with Gasteiger partial charge in [0.15, 0.2) is 0 Å². The molecular weight excluding hydrogens is 250 g/mol. The molecule has 0 aliphatic rings. The normalized spacial score (nSPS) is 10.7. The standard InChI is InChI=1S/C16H21N3O/c1-2-9-19-16(20)8-10-17-12-13-7-11-18-15-6-4-3-5-14(13)15/h3-7,11,17H,2,8-10,12H2,1H3,(H,19,20). The number of carbonyl (C=O) groups excluding carboxylic acids is 1. The zero-order valence-corrected chi connectivity index (χ0v) is 11.9.